The summed E-state index contributed by atoms with van der Waals surface area (Å²) in [5.41, 5.74) is 3.92. The van der Waals surface area contributed by atoms with Crippen LogP contribution in [0.25, 0.3) is 33.2 Å². The summed E-state index contributed by atoms with van der Waals surface area (Å²) in [6.07, 6.45) is -1.13. The Morgan fingerprint density at radius 1 is 0.921 bits per heavy atom. The number of rotatable bonds is 6. The molecule has 190 valence electrons. The average molecular weight is 524 g/mol. The van der Waals surface area contributed by atoms with Crippen LogP contribution in [0.1, 0.15) is 23.0 Å². The molecule has 8 heteroatoms. The molecule has 0 spiro atoms. The Morgan fingerprint density at radius 3 is 2.29 bits per heavy atom. The van der Waals surface area contributed by atoms with Gasteiger partial charge in [0.2, 0.25) is 0 Å². The highest BCUT2D eigenvalue weighted by Gasteiger charge is 2.26. The number of hydrogen-bond donors (Lipinski definition) is 1. The van der Waals surface area contributed by atoms with Crippen molar-refractivity contribution in [2.45, 2.75) is 20.0 Å². The molecule has 3 aromatic carbocycles. The maximum absolute atomic E-state index is 13.5. The first-order valence-electron chi connectivity index (χ1n) is 12.0. The van der Waals surface area contributed by atoms with E-state index in [2.05, 4.69) is 10.3 Å². The molecule has 7 nitrogen and oxygen atoms in total. The van der Waals surface area contributed by atoms with Gasteiger partial charge in [0.1, 0.15) is 5.69 Å². The van der Waals surface area contributed by atoms with Crippen molar-refractivity contribution in [2.75, 3.05) is 5.32 Å². The number of nitrogens with zero attached hydrogens (tertiary/aromatic N) is 2. The topological polar surface area (TPSA) is 90.3 Å². The number of carbonyl (C=O) groups is 2. The van der Waals surface area contributed by atoms with Crippen molar-refractivity contribution in [1.82, 2.24) is 9.55 Å². The monoisotopic (exact) mass is 523 g/mol. The fourth-order valence-electron chi connectivity index (χ4n) is 4.27. The zero-order valence-electron chi connectivity index (χ0n) is 21.1. The summed E-state index contributed by atoms with van der Waals surface area (Å²) in [7, 11) is 1.53. The number of esters is 1. The highest BCUT2D eigenvalue weighted by Crippen LogP contribution is 2.31. The van der Waals surface area contributed by atoms with Crippen LogP contribution in [-0.4, -0.2) is 27.5 Å². The summed E-state index contributed by atoms with van der Waals surface area (Å²) in [4.78, 5) is 44.0. The maximum atomic E-state index is 13.5. The van der Waals surface area contributed by atoms with Gasteiger partial charge in [-0.05, 0) is 30.9 Å². The standard InChI is InChI=1S/C30H25N3O4S/c1-18-13-15-20(16-14-18)24-17-38-30(31-24)32-27(34)19(2)37-29(36)26-25(21-9-5-4-6-10-21)22-11-7-8-12-23(22)28(35)33(26)3/h4-17,19H,1-3H3,(H,31,32,34). The zero-order valence-corrected chi connectivity index (χ0v) is 21.9. The third-order valence-electron chi connectivity index (χ3n) is 6.29. The fourth-order valence-corrected chi connectivity index (χ4v) is 4.99. The van der Waals surface area contributed by atoms with Crippen LogP contribution in [0.3, 0.4) is 0 Å². The quantitative estimate of drug-likeness (QED) is 0.283. The first kappa shape index (κ1) is 25.1. The first-order chi connectivity index (χ1) is 18.3. The van der Waals surface area contributed by atoms with Gasteiger partial charge in [0, 0.05) is 28.9 Å². The number of ether oxygens (including phenoxy) is 1. The van der Waals surface area contributed by atoms with Crippen LogP contribution in [0.5, 0.6) is 0 Å². The highest BCUT2D eigenvalue weighted by molar-refractivity contribution is 7.14. The van der Waals surface area contributed by atoms with Gasteiger partial charge in [-0.15, -0.1) is 11.3 Å². The first-order valence-corrected chi connectivity index (χ1v) is 12.9. The van der Waals surface area contributed by atoms with Gasteiger partial charge in [-0.1, -0.05) is 78.4 Å². The summed E-state index contributed by atoms with van der Waals surface area (Å²) < 4.78 is 6.87. The van der Waals surface area contributed by atoms with E-state index < -0.39 is 18.0 Å². The number of benzene rings is 3. The second-order valence-electron chi connectivity index (χ2n) is 8.94. The molecule has 5 rings (SSSR count). The SMILES string of the molecule is Cc1ccc(-c2csc(NC(=O)C(C)OC(=O)c3c(-c4ccccc4)c4ccccc4c(=O)n3C)n2)cc1. The number of aryl methyl sites for hydroxylation is 1. The molecule has 0 radical (unpaired) electrons. The van der Waals surface area contributed by atoms with E-state index in [1.165, 1.54) is 29.9 Å². The molecule has 0 saturated carbocycles. The summed E-state index contributed by atoms with van der Waals surface area (Å²) in [6.45, 7) is 3.50. The molecule has 1 amide bonds. The van der Waals surface area contributed by atoms with Crippen molar-refractivity contribution in [3.63, 3.8) is 0 Å². The summed E-state index contributed by atoms with van der Waals surface area (Å²) in [5.74, 6) is -1.29. The van der Waals surface area contributed by atoms with Crippen LogP contribution >= 0.6 is 11.3 Å². The molecule has 0 aliphatic heterocycles. The molecule has 0 bridgehead atoms. The molecule has 1 atom stereocenters. The number of thiazole rings is 1. The highest BCUT2D eigenvalue weighted by atomic mass is 32.1. The van der Waals surface area contributed by atoms with Crippen LogP contribution in [-0.2, 0) is 16.6 Å². The van der Waals surface area contributed by atoms with Crippen LogP contribution in [0.2, 0.25) is 0 Å². The Hall–Kier alpha value is -4.56. The van der Waals surface area contributed by atoms with Gasteiger partial charge in [0.25, 0.3) is 11.5 Å². The third kappa shape index (κ3) is 4.86. The molecule has 0 saturated heterocycles. The van der Waals surface area contributed by atoms with Gasteiger partial charge < -0.3 is 9.30 Å². The molecule has 1 N–H and O–H groups in total. The minimum atomic E-state index is -1.13. The molecular weight excluding hydrogens is 498 g/mol. The summed E-state index contributed by atoms with van der Waals surface area (Å²) in [6, 6.07) is 24.4. The molecule has 0 aliphatic carbocycles. The van der Waals surface area contributed by atoms with Gasteiger partial charge in [-0.2, -0.15) is 0 Å². The Labute approximate surface area is 223 Å². The third-order valence-corrected chi connectivity index (χ3v) is 7.05. The second-order valence-corrected chi connectivity index (χ2v) is 9.80. The largest absolute Gasteiger partial charge is 0.448 e. The molecule has 1 unspecified atom stereocenters. The van der Waals surface area contributed by atoms with E-state index in [-0.39, 0.29) is 11.3 Å². The van der Waals surface area contributed by atoms with E-state index >= 15 is 0 Å². The van der Waals surface area contributed by atoms with E-state index in [0.717, 1.165) is 22.4 Å². The van der Waals surface area contributed by atoms with Crippen molar-refractivity contribution in [3.8, 4) is 22.4 Å². The predicted molar refractivity (Wildman–Crippen MR) is 150 cm³/mol. The molecule has 2 heterocycles. The normalized spacial score (nSPS) is 11.8. The predicted octanol–water partition coefficient (Wildman–Crippen LogP) is 5.82. The second kappa shape index (κ2) is 10.4. The minimum absolute atomic E-state index is 0.0791. The Kier molecular flexibility index (Phi) is 6.89. The summed E-state index contributed by atoms with van der Waals surface area (Å²) in [5, 5.41) is 6.11. The Balaban J connectivity index is 1.41. The van der Waals surface area contributed by atoms with Crippen molar-refractivity contribution >= 4 is 39.1 Å². The van der Waals surface area contributed by atoms with Gasteiger partial charge >= 0.3 is 5.97 Å². The summed E-state index contributed by atoms with van der Waals surface area (Å²) >= 11 is 1.29. The van der Waals surface area contributed by atoms with Gasteiger partial charge in [-0.3, -0.25) is 14.9 Å². The van der Waals surface area contributed by atoms with Gasteiger partial charge in [0.05, 0.1) is 5.69 Å². The molecule has 2 aromatic heterocycles. The lowest BCUT2D eigenvalue weighted by Gasteiger charge is -2.18. The molecule has 0 fully saturated rings. The lowest BCUT2D eigenvalue weighted by molar-refractivity contribution is -0.123. The van der Waals surface area contributed by atoms with Crippen molar-refractivity contribution < 1.29 is 14.3 Å². The minimum Gasteiger partial charge on any atom is -0.448 e. The van der Waals surface area contributed by atoms with Crippen molar-refractivity contribution in [3.05, 3.63) is 106 Å². The van der Waals surface area contributed by atoms with E-state index in [9.17, 15) is 14.4 Å². The van der Waals surface area contributed by atoms with Crippen LogP contribution < -0.4 is 10.9 Å². The molecule has 0 aliphatic rings. The van der Waals surface area contributed by atoms with Gasteiger partial charge in [-0.25, -0.2) is 9.78 Å². The Bertz CT molecular complexity index is 1710. The Morgan fingerprint density at radius 2 is 1.58 bits per heavy atom. The number of fused-ring (bicyclic) bond motifs is 1. The lowest BCUT2D eigenvalue weighted by Crippen LogP contribution is -2.32. The number of carbonyl (C=O) groups excluding carboxylic acids is 2. The molecular formula is C30H25N3O4S. The van der Waals surface area contributed by atoms with Crippen molar-refractivity contribution in [2.24, 2.45) is 7.05 Å². The van der Waals surface area contributed by atoms with E-state index in [4.69, 9.17) is 4.74 Å². The number of anilines is 1. The number of pyridine rings is 1. The molecule has 5 aromatic rings. The zero-order chi connectivity index (χ0) is 26.8. The van der Waals surface area contributed by atoms with Crippen LogP contribution in [0.4, 0.5) is 5.13 Å². The van der Waals surface area contributed by atoms with Crippen molar-refractivity contribution in [1.29, 1.82) is 0 Å². The number of aromatic nitrogens is 2. The maximum Gasteiger partial charge on any atom is 0.356 e. The number of nitrogens with one attached hydrogen (secondary N) is 1. The van der Waals surface area contributed by atoms with E-state index in [1.54, 1.807) is 18.2 Å². The smallest absolute Gasteiger partial charge is 0.356 e. The van der Waals surface area contributed by atoms with Crippen LogP contribution in [0, 0.1) is 6.92 Å². The molecule has 38 heavy (non-hydrogen) atoms. The number of hydrogen-bond acceptors (Lipinski definition) is 6. The lowest BCUT2D eigenvalue weighted by atomic mass is 9.97. The van der Waals surface area contributed by atoms with Gasteiger partial charge in [0.15, 0.2) is 11.2 Å². The number of amides is 1. The van der Waals surface area contributed by atoms with E-state index in [1.807, 2.05) is 73.0 Å². The van der Waals surface area contributed by atoms with E-state index in [0.29, 0.717) is 21.5 Å². The fraction of sp³-hybridized carbons (Fsp3) is 0.133. The van der Waals surface area contributed by atoms with Crippen LogP contribution in [0.15, 0.2) is 89.0 Å². The average Bonchev–Trinajstić information content (AvgIpc) is 3.39.